The van der Waals surface area contributed by atoms with E-state index in [0.717, 1.165) is 12.8 Å². The molecule has 1 aromatic rings. The molecule has 0 aromatic heterocycles. The Morgan fingerprint density at radius 2 is 2.10 bits per heavy atom. The second-order valence-electron chi connectivity index (χ2n) is 5.32. The van der Waals surface area contributed by atoms with Crippen LogP contribution in [-0.2, 0) is 14.6 Å². The summed E-state index contributed by atoms with van der Waals surface area (Å²) < 4.78 is 36.4. The number of rotatable bonds is 5. The van der Waals surface area contributed by atoms with Crippen LogP contribution in [0.2, 0.25) is 0 Å². The number of nitrogens with two attached hydrogens (primary N) is 1. The highest BCUT2D eigenvalue weighted by Crippen LogP contribution is 2.34. The Kier molecular flexibility index (Phi) is 5.11. The van der Waals surface area contributed by atoms with Crippen LogP contribution in [0.15, 0.2) is 23.1 Å². The molecule has 1 saturated carbocycles. The van der Waals surface area contributed by atoms with Gasteiger partial charge in [-0.15, -0.1) is 0 Å². The minimum Gasteiger partial charge on any atom is -0.494 e. The normalized spacial score (nSPS) is 23.0. The van der Waals surface area contributed by atoms with Gasteiger partial charge < -0.3 is 15.2 Å². The predicted octanol–water partition coefficient (Wildman–Crippen LogP) is 2.40. The largest absolute Gasteiger partial charge is 0.494 e. The number of ether oxygens (including phenoxy) is 2. The number of benzene rings is 1. The molecule has 0 amide bonds. The van der Waals surface area contributed by atoms with Gasteiger partial charge in [0, 0.05) is 13.2 Å². The van der Waals surface area contributed by atoms with Crippen molar-refractivity contribution in [2.75, 3.05) is 19.5 Å². The number of nitrogen functional groups attached to an aromatic ring is 1. The Balaban J connectivity index is 2.32. The van der Waals surface area contributed by atoms with Crippen LogP contribution in [0, 0.1) is 0 Å². The van der Waals surface area contributed by atoms with E-state index in [0.29, 0.717) is 25.2 Å². The highest BCUT2D eigenvalue weighted by molar-refractivity contribution is 7.92. The van der Waals surface area contributed by atoms with Crippen LogP contribution < -0.4 is 10.5 Å². The smallest absolute Gasteiger partial charge is 0.183 e. The summed E-state index contributed by atoms with van der Waals surface area (Å²) in [7, 11) is -1.83. The topological polar surface area (TPSA) is 78.6 Å². The van der Waals surface area contributed by atoms with E-state index in [-0.39, 0.29) is 16.7 Å². The van der Waals surface area contributed by atoms with Gasteiger partial charge in [-0.2, -0.15) is 0 Å². The summed E-state index contributed by atoms with van der Waals surface area (Å²) in [6, 6.07) is 4.82. The van der Waals surface area contributed by atoms with Gasteiger partial charge in [-0.3, -0.25) is 0 Å². The lowest BCUT2D eigenvalue weighted by Crippen LogP contribution is -2.32. The standard InChI is InChI=1S/C15H23NO4S/c1-3-20-12-7-8-14(16)15(10-12)21(17,18)13-6-4-5-11(9-13)19-2/h7-8,10-11,13H,3-6,9,16H2,1-2H3. The Morgan fingerprint density at radius 3 is 2.76 bits per heavy atom. The third-order valence-electron chi connectivity index (χ3n) is 3.95. The van der Waals surface area contributed by atoms with Crippen molar-refractivity contribution in [1.82, 2.24) is 0 Å². The zero-order valence-electron chi connectivity index (χ0n) is 12.5. The number of sulfone groups is 1. The van der Waals surface area contributed by atoms with Gasteiger partial charge in [-0.25, -0.2) is 8.42 Å². The molecular weight excluding hydrogens is 290 g/mol. The summed E-state index contributed by atoms with van der Waals surface area (Å²) in [6.07, 6.45) is 2.96. The van der Waals surface area contributed by atoms with E-state index in [4.69, 9.17) is 15.2 Å². The number of hydrogen-bond donors (Lipinski definition) is 1. The minimum atomic E-state index is -3.46. The van der Waals surface area contributed by atoms with Crippen LogP contribution in [-0.4, -0.2) is 33.5 Å². The van der Waals surface area contributed by atoms with Crippen molar-refractivity contribution in [3.05, 3.63) is 18.2 Å². The molecule has 0 heterocycles. The van der Waals surface area contributed by atoms with Crippen molar-refractivity contribution in [3.63, 3.8) is 0 Å². The monoisotopic (exact) mass is 313 g/mol. The maximum Gasteiger partial charge on any atom is 0.183 e. The SMILES string of the molecule is CCOc1ccc(N)c(S(=O)(=O)C2CCCC(OC)C2)c1. The van der Waals surface area contributed by atoms with Gasteiger partial charge in [0.05, 0.1) is 28.5 Å². The fourth-order valence-electron chi connectivity index (χ4n) is 2.80. The maximum absolute atomic E-state index is 12.8. The number of hydrogen-bond acceptors (Lipinski definition) is 5. The molecule has 5 nitrogen and oxygen atoms in total. The van der Waals surface area contributed by atoms with Gasteiger partial charge in [-0.05, 0) is 44.7 Å². The van der Waals surface area contributed by atoms with Gasteiger partial charge in [0.2, 0.25) is 0 Å². The quantitative estimate of drug-likeness (QED) is 0.844. The average Bonchev–Trinajstić information content (AvgIpc) is 2.49. The first-order valence-electron chi connectivity index (χ1n) is 7.28. The Morgan fingerprint density at radius 1 is 1.33 bits per heavy atom. The lowest BCUT2D eigenvalue weighted by molar-refractivity contribution is 0.0720. The van der Waals surface area contributed by atoms with Crippen molar-refractivity contribution in [1.29, 1.82) is 0 Å². The molecule has 0 spiro atoms. The number of methoxy groups -OCH3 is 1. The first kappa shape index (κ1) is 16.1. The van der Waals surface area contributed by atoms with Gasteiger partial charge in [0.25, 0.3) is 0 Å². The molecule has 2 rings (SSSR count). The van der Waals surface area contributed by atoms with E-state index in [1.165, 1.54) is 6.07 Å². The molecular formula is C15H23NO4S. The van der Waals surface area contributed by atoms with Gasteiger partial charge in [-0.1, -0.05) is 0 Å². The predicted molar refractivity (Wildman–Crippen MR) is 82.3 cm³/mol. The summed E-state index contributed by atoms with van der Waals surface area (Å²) >= 11 is 0. The second kappa shape index (κ2) is 6.66. The van der Waals surface area contributed by atoms with Crippen LogP contribution >= 0.6 is 0 Å². The summed E-state index contributed by atoms with van der Waals surface area (Å²) in [4.78, 5) is 0.176. The maximum atomic E-state index is 12.8. The second-order valence-corrected chi connectivity index (χ2v) is 7.52. The molecule has 21 heavy (non-hydrogen) atoms. The Labute approximate surface area is 126 Å². The molecule has 6 heteroatoms. The van der Waals surface area contributed by atoms with Crippen molar-refractivity contribution in [2.24, 2.45) is 0 Å². The summed E-state index contributed by atoms with van der Waals surface area (Å²) in [6.45, 7) is 2.34. The first-order chi connectivity index (χ1) is 9.98. The highest BCUT2D eigenvalue weighted by atomic mass is 32.2. The van der Waals surface area contributed by atoms with Gasteiger partial charge in [0.1, 0.15) is 5.75 Å². The van der Waals surface area contributed by atoms with E-state index < -0.39 is 15.1 Å². The first-order valence-corrected chi connectivity index (χ1v) is 8.82. The van der Waals surface area contributed by atoms with E-state index in [9.17, 15) is 8.42 Å². The van der Waals surface area contributed by atoms with Crippen molar-refractivity contribution in [3.8, 4) is 5.75 Å². The molecule has 2 N–H and O–H groups in total. The third-order valence-corrected chi connectivity index (χ3v) is 6.23. The third kappa shape index (κ3) is 3.49. The zero-order valence-corrected chi connectivity index (χ0v) is 13.4. The van der Waals surface area contributed by atoms with Crippen LogP contribution in [0.4, 0.5) is 5.69 Å². The lowest BCUT2D eigenvalue weighted by Gasteiger charge is -2.28. The molecule has 2 unspecified atom stereocenters. The molecule has 0 saturated heterocycles. The number of anilines is 1. The highest BCUT2D eigenvalue weighted by Gasteiger charge is 2.34. The molecule has 1 aromatic carbocycles. The van der Waals surface area contributed by atoms with E-state index in [1.54, 1.807) is 19.2 Å². The average molecular weight is 313 g/mol. The van der Waals surface area contributed by atoms with E-state index in [2.05, 4.69) is 0 Å². The van der Waals surface area contributed by atoms with Gasteiger partial charge >= 0.3 is 0 Å². The molecule has 2 atom stereocenters. The van der Waals surface area contributed by atoms with Crippen LogP contribution in [0.3, 0.4) is 0 Å². The molecule has 118 valence electrons. The van der Waals surface area contributed by atoms with Crippen molar-refractivity contribution >= 4 is 15.5 Å². The molecule has 0 bridgehead atoms. The Bertz CT molecular complexity index is 585. The summed E-state index contributed by atoms with van der Waals surface area (Å²) in [5, 5.41) is -0.435. The molecule has 0 aliphatic heterocycles. The fraction of sp³-hybridized carbons (Fsp3) is 0.600. The van der Waals surface area contributed by atoms with Crippen LogP contribution in [0.5, 0.6) is 5.75 Å². The van der Waals surface area contributed by atoms with Crippen molar-refractivity contribution < 1.29 is 17.9 Å². The molecule has 1 aliphatic carbocycles. The molecule has 1 aliphatic rings. The van der Waals surface area contributed by atoms with Crippen molar-refractivity contribution in [2.45, 2.75) is 48.9 Å². The summed E-state index contributed by atoms with van der Waals surface area (Å²) in [5.74, 6) is 0.532. The van der Waals surface area contributed by atoms with Gasteiger partial charge in [0.15, 0.2) is 9.84 Å². The van der Waals surface area contributed by atoms with Crippen LogP contribution in [0.25, 0.3) is 0 Å². The zero-order chi connectivity index (χ0) is 15.5. The minimum absolute atomic E-state index is 0.00910. The van der Waals surface area contributed by atoms with E-state index >= 15 is 0 Å². The molecule has 0 radical (unpaired) electrons. The molecule has 1 fully saturated rings. The van der Waals surface area contributed by atoms with E-state index in [1.807, 2.05) is 6.92 Å². The summed E-state index contributed by atoms with van der Waals surface area (Å²) in [5.41, 5.74) is 6.16. The van der Waals surface area contributed by atoms with Crippen LogP contribution in [0.1, 0.15) is 32.6 Å². The fourth-order valence-corrected chi connectivity index (χ4v) is 4.78. The lowest BCUT2D eigenvalue weighted by atomic mass is 9.97. The Hall–Kier alpha value is -1.27.